The van der Waals surface area contributed by atoms with Crippen LogP contribution in [0.1, 0.15) is 16.7 Å². The van der Waals surface area contributed by atoms with Gasteiger partial charge in [0, 0.05) is 10.7 Å². The molecule has 112 valence electrons. The molecule has 0 saturated heterocycles. The van der Waals surface area contributed by atoms with Gasteiger partial charge in [-0.25, -0.2) is 0 Å². The number of aryl methyl sites for hydroxylation is 1. The summed E-state index contributed by atoms with van der Waals surface area (Å²) in [6.07, 6.45) is 0. The third-order valence-corrected chi connectivity index (χ3v) is 3.66. The van der Waals surface area contributed by atoms with Gasteiger partial charge < -0.3 is 10.6 Å². The highest BCUT2D eigenvalue weighted by Crippen LogP contribution is 2.21. The van der Waals surface area contributed by atoms with E-state index >= 15 is 0 Å². The summed E-state index contributed by atoms with van der Waals surface area (Å²) in [5.41, 5.74) is 3.98. The average molecular weight is 314 g/mol. The van der Waals surface area contributed by atoms with Crippen molar-refractivity contribution in [3.05, 3.63) is 58.1 Å². The number of nitrogens with one attached hydrogen (secondary N) is 2. The Labute approximate surface area is 134 Å². The Morgan fingerprint density at radius 2 is 2.00 bits per heavy atom. The molecule has 4 nitrogen and oxygen atoms in total. The van der Waals surface area contributed by atoms with Crippen LogP contribution in [-0.2, 0) is 4.79 Å². The summed E-state index contributed by atoms with van der Waals surface area (Å²) in [5.74, 6) is -0.236. The number of rotatable bonds is 4. The van der Waals surface area contributed by atoms with Crippen LogP contribution >= 0.6 is 11.6 Å². The first-order chi connectivity index (χ1) is 10.5. The zero-order valence-corrected chi connectivity index (χ0v) is 13.2. The number of amides is 1. The van der Waals surface area contributed by atoms with Gasteiger partial charge in [-0.05, 0) is 49.2 Å². The summed E-state index contributed by atoms with van der Waals surface area (Å²) in [7, 11) is 0. The largest absolute Gasteiger partial charge is 0.376 e. The highest BCUT2D eigenvalue weighted by Gasteiger charge is 2.08. The molecule has 0 saturated carbocycles. The van der Waals surface area contributed by atoms with Crippen molar-refractivity contribution in [1.82, 2.24) is 0 Å². The van der Waals surface area contributed by atoms with E-state index in [4.69, 9.17) is 16.9 Å². The van der Waals surface area contributed by atoms with E-state index in [2.05, 4.69) is 10.6 Å². The van der Waals surface area contributed by atoms with E-state index in [-0.39, 0.29) is 12.5 Å². The SMILES string of the molecule is Cc1cccc(NCC(=O)Nc2cc(Cl)ccc2C#N)c1C. The molecule has 0 fully saturated rings. The minimum absolute atomic E-state index is 0.113. The molecule has 0 heterocycles. The summed E-state index contributed by atoms with van der Waals surface area (Å²) in [4.78, 5) is 12.0. The van der Waals surface area contributed by atoms with Crippen LogP contribution in [0.25, 0.3) is 0 Å². The number of carbonyl (C=O) groups is 1. The number of benzene rings is 2. The maximum Gasteiger partial charge on any atom is 0.243 e. The number of halogens is 1. The number of nitriles is 1. The van der Waals surface area contributed by atoms with Crippen molar-refractivity contribution in [2.24, 2.45) is 0 Å². The molecule has 0 aliphatic heterocycles. The van der Waals surface area contributed by atoms with E-state index in [0.29, 0.717) is 16.3 Å². The van der Waals surface area contributed by atoms with Crippen molar-refractivity contribution in [3.8, 4) is 6.07 Å². The Morgan fingerprint density at radius 3 is 2.73 bits per heavy atom. The van der Waals surface area contributed by atoms with Crippen LogP contribution in [0.2, 0.25) is 5.02 Å². The van der Waals surface area contributed by atoms with Gasteiger partial charge >= 0.3 is 0 Å². The summed E-state index contributed by atoms with van der Waals surface area (Å²) in [6.45, 7) is 4.13. The fourth-order valence-corrected chi connectivity index (χ4v) is 2.20. The first kappa shape index (κ1) is 15.9. The molecule has 1 amide bonds. The predicted molar refractivity (Wildman–Crippen MR) is 89.2 cm³/mol. The predicted octanol–water partition coefficient (Wildman–Crippen LogP) is 3.88. The topological polar surface area (TPSA) is 64.9 Å². The summed E-state index contributed by atoms with van der Waals surface area (Å²) >= 11 is 5.89. The lowest BCUT2D eigenvalue weighted by molar-refractivity contribution is -0.114. The maximum absolute atomic E-state index is 12.0. The Morgan fingerprint density at radius 1 is 1.23 bits per heavy atom. The second-order valence-corrected chi connectivity index (χ2v) is 5.39. The molecule has 0 aliphatic carbocycles. The normalized spacial score (nSPS) is 9.91. The molecular formula is C17H16ClN3O. The van der Waals surface area contributed by atoms with E-state index in [0.717, 1.165) is 16.8 Å². The van der Waals surface area contributed by atoms with Gasteiger partial charge in [-0.3, -0.25) is 4.79 Å². The van der Waals surface area contributed by atoms with Crippen molar-refractivity contribution in [1.29, 1.82) is 5.26 Å². The van der Waals surface area contributed by atoms with Crippen LogP contribution in [0.5, 0.6) is 0 Å². The van der Waals surface area contributed by atoms with Crippen LogP contribution in [-0.4, -0.2) is 12.5 Å². The molecule has 5 heteroatoms. The number of carbonyl (C=O) groups excluding carboxylic acids is 1. The third-order valence-electron chi connectivity index (χ3n) is 3.42. The summed E-state index contributed by atoms with van der Waals surface area (Å²) < 4.78 is 0. The van der Waals surface area contributed by atoms with Crippen molar-refractivity contribution < 1.29 is 4.79 Å². The molecule has 22 heavy (non-hydrogen) atoms. The molecule has 0 spiro atoms. The van der Waals surface area contributed by atoms with Gasteiger partial charge in [-0.15, -0.1) is 0 Å². The lowest BCUT2D eigenvalue weighted by Gasteiger charge is -2.12. The number of hydrogen-bond acceptors (Lipinski definition) is 3. The summed E-state index contributed by atoms with van der Waals surface area (Å²) in [5, 5.41) is 15.3. The van der Waals surface area contributed by atoms with Gasteiger partial charge in [0.2, 0.25) is 5.91 Å². The summed E-state index contributed by atoms with van der Waals surface area (Å²) in [6, 6.07) is 12.7. The van der Waals surface area contributed by atoms with Gasteiger partial charge in [0.1, 0.15) is 6.07 Å². The minimum atomic E-state index is -0.236. The molecule has 0 aliphatic rings. The van der Waals surface area contributed by atoms with E-state index in [1.165, 1.54) is 0 Å². The smallest absolute Gasteiger partial charge is 0.243 e. The highest BCUT2D eigenvalue weighted by molar-refractivity contribution is 6.31. The molecule has 0 aromatic heterocycles. The van der Waals surface area contributed by atoms with Crippen molar-refractivity contribution >= 4 is 28.9 Å². The van der Waals surface area contributed by atoms with Crippen molar-refractivity contribution in [2.75, 3.05) is 17.2 Å². The van der Waals surface area contributed by atoms with E-state index in [9.17, 15) is 4.79 Å². The quantitative estimate of drug-likeness (QED) is 0.900. The zero-order chi connectivity index (χ0) is 16.1. The lowest BCUT2D eigenvalue weighted by atomic mass is 10.1. The molecule has 2 rings (SSSR count). The standard InChI is InChI=1S/C17H16ClN3O/c1-11-4-3-5-15(12(11)2)20-10-17(22)21-16-8-14(18)7-6-13(16)9-19/h3-8,20H,10H2,1-2H3,(H,21,22). The Kier molecular flexibility index (Phi) is 5.03. The van der Waals surface area contributed by atoms with Crippen LogP contribution in [0.4, 0.5) is 11.4 Å². The Hall–Kier alpha value is -2.51. The van der Waals surface area contributed by atoms with Crippen LogP contribution in [0.3, 0.4) is 0 Å². The Bertz CT molecular complexity index is 750. The third kappa shape index (κ3) is 3.78. The zero-order valence-electron chi connectivity index (χ0n) is 12.4. The van der Waals surface area contributed by atoms with Crippen LogP contribution in [0.15, 0.2) is 36.4 Å². The number of nitrogens with zero attached hydrogens (tertiary/aromatic N) is 1. The molecule has 2 N–H and O–H groups in total. The van der Waals surface area contributed by atoms with Gasteiger partial charge in [-0.2, -0.15) is 5.26 Å². The molecule has 0 unspecified atom stereocenters. The second kappa shape index (κ2) is 6.97. The van der Waals surface area contributed by atoms with Gasteiger partial charge in [0.25, 0.3) is 0 Å². The van der Waals surface area contributed by atoms with Crippen molar-refractivity contribution in [3.63, 3.8) is 0 Å². The van der Waals surface area contributed by atoms with E-state index in [1.54, 1.807) is 18.2 Å². The van der Waals surface area contributed by atoms with Crippen LogP contribution < -0.4 is 10.6 Å². The molecule has 2 aromatic carbocycles. The number of hydrogen-bond donors (Lipinski definition) is 2. The first-order valence-electron chi connectivity index (χ1n) is 6.81. The van der Waals surface area contributed by atoms with Crippen LogP contribution in [0, 0.1) is 25.2 Å². The average Bonchev–Trinajstić information content (AvgIpc) is 2.49. The Balaban J connectivity index is 2.04. The van der Waals surface area contributed by atoms with E-state index in [1.807, 2.05) is 38.1 Å². The fraction of sp³-hybridized carbons (Fsp3) is 0.176. The number of anilines is 2. The molecule has 2 aromatic rings. The molecule has 0 radical (unpaired) electrons. The van der Waals surface area contributed by atoms with Gasteiger partial charge in [0.05, 0.1) is 17.8 Å². The fourth-order valence-electron chi connectivity index (χ4n) is 2.03. The van der Waals surface area contributed by atoms with E-state index < -0.39 is 0 Å². The molecule has 0 bridgehead atoms. The monoisotopic (exact) mass is 313 g/mol. The molecule has 0 atom stereocenters. The lowest BCUT2D eigenvalue weighted by Crippen LogP contribution is -2.22. The molecular weight excluding hydrogens is 298 g/mol. The van der Waals surface area contributed by atoms with Crippen molar-refractivity contribution in [2.45, 2.75) is 13.8 Å². The van der Waals surface area contributed by atoms with Gasteiger partial charge in [-0.1, -0.05) is 23.7 Å². The maximum atomic E-state index is 12.0. The minimum Gasteiger partial charge on any atom is -0.376 e. The highest BCUT2D eigenvalue weighted by atomic mass is 35.5. The van der Waals surface area contributed by atoms with Gasteiger partial charge in [0.15, 0.2) is 0 Å². The first-order valence-corrected chi connectivity index (χ1v) is 7.18. The second-order valence-electron chi connectivity index (χ2n) is 4.95.